The van der Waals surface area contributed by atoms with Gasteiger partial charge >= 0.3 is 5.97 Å². The van der Waals surface area contributed by atoms with Crippen molar-refractivity contribution in [2.75, 3.05) is 6.61 Å². The van der Waals surface area contributed by atoms with Gasteiger partial charge in [-0.1, -0.05) is 37.4 Å². The number of hydrogen-bond acceptors (Lipinski definition) is 4. The summed E-state index contributed by atoms with van der Waals surface area (Å²) in [5.74, 6) is -0.405. The van der Waals surface area contributed by atoms with Crippen LogP contribution in [0.3, 0.4) is 0 Å². The number of nitrogens with zero attached hydrogens (tertiary/aromatic N) is 2. The minimum absolute atomic E-state index is 0.169. The largest absolute Gasteiger partial charge is 0.452 e. The van der Waals surface area contributed by atoms with E-state index in [1.165, 1.54) is 18.6 Å². The number of carbonyl (C=O) groups excluding carboxylic acids is 2. The highest BCUT2D eigenvalue weighted by Gasteiger charge is 2.22. The molecule has 0 bridgehead atoms. The molecule has 0 aliphatic heterocycles. The van der Waals surface area contributed by atoms with Crippen molar-refractivity contribution in [3.8, 4) is 0 Å². The van der Waals surface area contributed by atoms with E-state index >= 15 is 0 Å². The molecule has 0 radical (unpaired) electrons. The zero-order chi connectivity index (χ0) is 18.5. The number of hydrogen-bond donors (Lipinski definition) is 1. The van der Waals surface area contributed by atoms with Crippen LogP contribution in [-0.4, -0.2) is 33.9 Å². The molecule has 138 valence electrons. The van der Waals surface area contributed by atoms with Gasteiger partial charge in [-0.2, -0.15) is 0 Å². The smallest absolute Gasteiger partial charge is 0.331 e. The molecule has 2 atom stereocenters. The Balaban J connectivity index is 1.52. The lowest BCUT2D eigenvalue weighted by Crippen LogP contribution is -2.42. The molecule has 2 heterocycles. The minimum Gasteiger partial charge on any atom is -0.452 e. The lowest BCUT2D eigenvalue weighted by atomic mass is 9.86. The third-order valence-corrected chi connectivity index (χ3v) is 4.98. The molecule has 2 aromatic heterocycles. The summed E-state index contributed by atoms with van der Waals surface area (Å²) in [6.45, 7) is 1.85. The van der Waals surface area contributed by atoms with Gasteiger partial charge in [0.2, 0.25) is 0 Å². The number of fused-ring (bicyclic) bond motifs is 1. The fourth-order valence-corrected chi connectivity index (χ4v) is 3.49. The average molecular weight is 376 g/mol. The standard InChI is InChI=1S/C19H22ClN3O3/c1-13-6-2-3-7-14(13)21-17(24)12-26-18(25)10-9-15-19(20)22-16-8-4-5-11-23(15)16/h4-5,8-11,13-14H,2-3,6-7,12H2,1H3,(H,21,24)/b10-9+/t13-,14+/m0/s1. The molecule has 1 fully saturated rings. The number of halogens is 1. The fraction of sp³-hybridized carbons (Fsp3) is 0.421. The van der Waals surface area contributed by atoms with Crippen molar-refractivity contribution in [1.82, 2.24) is 14.7 Å². The maximum Gasteiger partial charge on any atom is 0.331 e. The first-order valence-electron chi connectivity index (χ1n) is 8.81. The molecule has 0 unspecified atom stereocenters. The van der Waals surface area contributed by atoms with Gasteiger partial charge in [0.05, 0.1) is 5.69 Å². The molecule has 7 heteroatoms. The molecule has 1 N–H and O–H groups in total. The molecule has 6 nitrogen and oxygen atoms in total. The van der Waals surface area contributed by atoms with E-state index in [2.05, 4.69) is 17.2 Å². The van der Waals surface area contributed by atoms with Crippen molar-refractivity contribution in [2.45, 2.75) is 38.6 Å². The normalized spacial score (nSPS) is 20.4. The number of nitrogens with one attached hydrogen (secondary N) is 1. The van der Waals surface area contributed by atoms with Crippen LogP contribution in [0.1, 0.15) is 38.3 Å². The van der Waals surface area contributed by atoms with E-state index in [0.29, 0.717) is 22.4 Å². The van der Waals surface area contributed by atoms with Crippen molar-refractivity contribution in [2.24, 2.45) is 5.92 Å². The number of amides is 1. The van der Waals surface area contributed by atoms with Gasteiger partial charge in [0.1, 0.15) is 5.65 Å². The molecule has 3 rings (SSSR count). The second-order valence-corrected chi connectivity index (χ2v) is 6.95. The van der Waals surface area contributed by atoms with E-state index in [4.69, 9.17) is 16.3 Å². The highest BCUT2D eigenvalue weighted by molar-refractivity contribution is 6.31. The van der Waals surface area contributed by atoms with Gasteiger partial charge in [0, 0.05) is 18.3 Å². The van der Waals surface area contributed by atoms with Crippen LogP contribution in [0.5, 0.6) is 0 Å². The lowest BCUT2D eigenvalue weighted by molar-refractivity contribution is -0.144. The van der Waals surface area contributed by atoms with Crippen molar-refractivity contribution < 1.29 is 14.3 Å². The molecule has 1 aliphatic rings. The summed E-state index contributed by atoms with van der Waals surface area (Å²) >= 11 is 6.10. The van der Waals surface area contributed by atoms with Crippen molar-refractivity contribution >= 4 is 35.2 Å². The molecule has 0 spiro atoms. The first kappa shape index (κ1) is 18.5. The molecule has 0 aromatic carbocycles. The van der Waals surface area contributed by atoms with Gasteiger partial charge in [-0.25, -0.2) is 9.78 Å². The molecule has 1 amide bonds. The van der Waals surface area contributed by atoms with E-state index in [9.17, 15) is 9.59 Å². The summed E-state index contributed by atoms with van der Waals surface area (Å²) in [4.78, 5) is 28.1. The summed E-state index contributed by atoms with van der Waals surface area (Å²) < 4.78 is 6.79. The number of rotatable bonds is 5. The van der Waals surface area contributed by atoms with E-state index < -0.39 is 5.97 Å². The topological polar surface area (TPSA) is 72.7 Å². The van der Waals surface area contributed by atoms with E-state index in [1.807, 2.05) is 18.2 Å². The van der Waals surface area contributed by atoms with Crippen molar-refractivity contribution in [1.29, 1.82) is 0 Å². The van der Waals surface area contributed by atoms with Crippen LogP contribution in [0, 0.1) is 5.92 Å². The third kappa shape index (κ3) is 4.43. The van der Waals surface area contributed by atoms with Gasteiger partial charge < -0.3 is 10.1 Å². The summed E-state index contributed by atoms with van der Waals surface area (Å²) in [5, 5.41) is 3.25. The maximum absolute atomic E-state index is 12.0. The number of aromatic nitrogens is 2. The van der Waals surface area contributed by atoms with Crippen LogP contribution >= 0.6 is 11.6 Å². The predicted octanol–water partition coefficient (Wildman–Crippen LogP) is 3.24. The predicted molar refractivity (Wildman–Crippen MR) is 99.8 cm³/mol. The molecule has 1 saturated carbocycles. The fourth-order valence-electron chi connectivity index (χ4n) is 3.25. The highest BCUT2D eigenvalue weighted by atomic mass is 35.5. The quantitative estimate of drug-likeness (QED) is 0.643. The van der Waals surface area contributed by atoms with Gasteiger partial charge in [-0.05, 0) is 37.0 Å². The second kappa shape index (κ2) is 8.36. The molecular weight excluding hydrogens is 354 g/mol. The second-order valence-electron chi connectivity index (χ2n) is 6.59. The molecule has 2 aromatic rings. The Morgan fingerprint density at radius 2 is 2.19 bits per heavy atom. The first-order valence-corrected chi connectivity index (χ1v) is 9.19. The first-order chi connectivity index (χ1) is 12.5. The third-order valence-electron chi connectivity index (χ3n) is 4.70. The Bertz CT molecular complexity index is 831. The van der Waals surface area contributed by atoms with E-state index in [0.717, 1.165) is 19.3 Å². The summed E-state index contributed by atoms with van der Waals surface area (Å²) in [5.41, 5.74) is 1.27. The average Bonchev–Trinajstić information content (AvgIpc) is 2.95. The number of imidazole rings is 1. The van der Waals surface area contributed by atoms with E-state index in [-0.39, 0.29) is 18.6 Å². The zero-order valence-corrected chi connectivity index (χ0v) is 15.4. The van der Waals surface area contributed by atoms with Crippen molar-refractivity contribution in [3.63, 3.8) is 0 Å². The highest BCUT2D eigenvalue weighted by Crippen LogP contribution is 2.23. The Labute approximate surface area is 157 Å². The monoisotopic (exact) mass is 375 g/mol. The Hall–Kier alpha value is -2.34. The Kier molecular flexibility index (Phi) is 5.93. The minimum atomic E-state index is -0.598. The maximum atomic E-state index is 12.0. The van der Waals surface area contributed by atoms with Crippen molar-refractivity contribution in [3.05, 3.63) is 41.3 Å². The zero-order valence-electron chi connectivity index (χ0n) is 14.7. The van der Waals surface area contributed by atoms with E-state index in [1.54, 1.807) is 10.6 Å². The number of carbonyl (C=O) groups is 2. The van der Waals surface area contributed by atoms with Crippen LogP contribution in [0.25, 0.3) is 11.7 Å². The van der Waals surface area contributed by atoms with Gasteiger partial charge in [-0.15, -0.1) is 0 Å². The van der Waals surface area contributed by atoms with Crippen LogP contribution in [0.15, 0.2) is 30.5 Å². The van der Waals surface area contributed by atoms with Crippen LogP contribution in [0.4, 0.5) is 0 Å². The molecule has 26 heavy (non-hydrogen) atoms. The van der Waals surface area contributed by atoms with Gasteiger partial charge in [-0.3, -0.25) is 9.20 Å². The summed E-state index contributed by atoms with van der Waals surface area (Å²) in [6, 6.07) is 5.68. The van der Waals surface area contributed by atoms with Crippen LogP contribution in [0.2, 0.25) is 5.15 Å². The molecular formula is C19H22ClN3O3. The summed E-state index contributed by atoms with van der Waals surface area (Å²) in [6.07, 6.45) is 9.01. The molecule has 0 saturated heterocycles. The van der Waals surface area contributed by atoms with Gasteiger partial charge in [0.15, 0.2) is 11.8 Å². The van der Waals surface area contributed by atoms with Crippen LogP contribution < -0.4 is 5.32 Å². The molecule has 1 aliphatic carbocycles. The Morgan fingerprint density at radius 1 is 1.38 bits per heavy atom. The lowest BCUT2D eigenvalue weighted by Gasteiger charge is -2.29. The SMILES string of the molecule is C[C@H]1CCCC[C@H]1NC(=O)COC(=O)/C=C/c1c(Cl)nc2ccccn12. The summed E-state index contributed by atoms with van der Waals surface area (Å²) in [7, 11) is 0. The Morgan fingerprint density at radius 3 is 3.00 bits per heavy atom. The van der Waals surface area contributed by atoms with Gasteiger partial charge in [0.25, 0.3) is 5.91 Å². The number of esters is 1. The number of ether oxygens (including phenoxy) is 1. The van der Waals surface area contributed by atoms with Crippen LogP contribution in [-0.2, 0) is 14.3 Å². The number of pyridine rings is 1.